The number of carboxylic acid groups (broad SMARTS) is 1. The lowest BCUT2D eigenvalue weighted by atomic mass is 9.44. The van der Waals surface area contributed by atoms with E-state index in [9.17, 15) is 53.3 Å². The number of rotatable bonds is 16. The number of amides is 3. The molecule has 356 valence electrons. The van der Waals surface area contributed by atoms with Crippen molar-refractivity contribution < 1.29 is 76.1 Å². The van der Waals surface area contributed by atoms with Crippen LogP contribution in [0.15, 0.2) is 48.1 Å². The minimum absolute atomic E-state index is 0.00169. The van der Waals surface area contributed by atoms with E-state index in [1.54, 1.807) is 19.1 Å². The molecule has 1 aromatic carbocycles. The lowest BCUT2D eigenvalue weighted by molar-refractivity contribution is -0.235. The topological polar surface area (TPSA) is 264 Å². The zero-order valence-electron chi connectivity index (χ0n) is 35.9. The van der Waals surface area contributed by atoms with Gasteiger partial charge in [-0.2, -0.15) is 0 Å². The number of aliphatic hydroxyl groups is 1. The molecule has 11 atom stereocenters. The molecule has 1 aromatic rings. The zero-order valence-corrected chi connectivity index (χ0v) is 38.4. The second-order valence-corrected chi connectivity index (χ2v) is 20.5. The van der Waals surface area contributed by atoms with Crippen molar-refractivity contribution >= 4 is 59.0 Å². The quantitative estimate of drug-likeness (QED) is 0.0924. The molecule has 4 saturated carbocycles. The highest BCUT2D eigenvalue weighted by atomic mass is 79.9. The normalized spacial score (nSPS) is 36.6. The Hall–Kier alpha value is -3.75. The largest absolute Gasteiger partial charge is 0.481 e. The van der Waals surface area contributed by atoms with Crippen LogP contribution in [0.2, 0.25) is 0 Å². The third kappa shape index (κ3) is 9.30. The number of hydrogen-bond donors (Lipinski definition) is 7. The smallest absolute Gasteiger partial charge is 0.470 e. The average molecular weight is 999 g/mol. The number of allylic oxidation sites excluding steroid dienone is 4. The van der Waals surface area contributed by atoms with E-state index in [1.165, 1.54) is 19.1 Å². The zero-order chi connectivity index (χ0) is 47.3. The molecule has 0 aromatic heterocycles. The standard InChI is InChI=1S/C44H55BrF2N3O14P/c1-41-14-13-27(51)16-30(41)31(46)17-29-28-18-35-44(34(53)22-62-65(59,60)61,42(28,2)19-33(52)43(29,41)47)64-40(63-35)25-7-3-23(4-8-25)15-24-5-9-26(10-6-24)49-39(58)32(11-12-38(56)57)50-37(55)21-48-36(54)20-45/h3-4,7-8,13-14,16,24,26,28-29,31-33,35,40,52H,5-6,9-12,15,17-22H2,1-2H3,(H,48,54)(H,49,58)(H,50,55)(H,56,57)(H2,59,60,61)/t24?,26?,28-,29-,31-,32-,33-,35+,40+,41-,42-,43-,44+/m0/s1. The molecular weight excluding hydrogens is 943 g/mol. The van der Waals surface area contributed by atoms with E-state index >= 15 is 8.78 Å². The number of hydrogen-bond acceptors (Lipinski definition) is 11. The van der Waals surface area contributed by atoms with Gasteiger partial charge in [0.15, 0.2) is 29.1 Å². The molecule has 17 nitrogen and oxygen atoms in total. The third-order valence-electron chi connectivity index (χ3n) is 15.0. The van der Waals surface area contributed by atoms with Crippen LogP contribution in [0, 0.1) is 28.6 Å². The number of carbonyl (C=O) groups excluding carboxylic acids is 5. The van der Waals surface area contributed by atoms with Gasteiger partial charge in [0.2, 0.25) is 17.7 Å². The molecule has 3 amide bonds. The number of phosphoric acid groups is 1. The van der Waals surface area contributed by atoms with Crippen molar-refractivity contribution in [3.63, 3.8) is 0 Å². The lowest BCUT2D eigenvalue weighted by Gasteiger charge is -2.63. The first kappa shape index (κ1) is 49.2. The van der Waals surface area contributed by atoms with Gasteiger partial charge in [0.1, 0.15) is 18.8 Å². The van der Waals surface area contributed by atoms with Crippen LogP contribution < -0.4 is 16.0 Å². The van der Waals surface area contributed by atoms with Crippen LogP contribution >= 0.6 is 23.8 Å². The molecule has 5 fully saturated rings. The minimum Gasteiger partial charge on any atom is -0.481 e. The fraction of sp³-hybridized carbons (Fsp3) is 0.636. The Bertz CT molecular complexity index is 2190. The molecule has 0 unspecified atom stereocenters. The molecule has 1 heterocycles. The van der Waals surface area contributed by atoms with Crippen LogP contribution in [-0.4, -0.2) is 115 Å². The van der Waals surface area contributed by atoms with Gasteiger partial charge in [0, 0.05) is 34.8 Å². The number of Topliss-reactive ketones (excluding diaryl/α,β-unsaturated/α-hetero) is 1. The average Bonchev–Trinajstić information content (AvgIpc) is 3.75. The number of aliphatic hydroxyl groups excluding tert-OH is 1. The summed E-state index contributed by atoms with van der Waals surface area (Å²) in [5.74, 6) is -5.77. The van der Waals surface area contributed by atoms with Gasteiger partial charge in [-0.3, -0.25) is 33.3 Å². The number of phosphoric ester groups is 1. The fourth-order valence-corrected chi connectivity index (χ4v) is 12.3. The van der Waals surface area contributed by atoms with Crippen LogP contribution in [0.25, 0.3) is 0 Å². The summed E-state index contributed by atoms with van der Waals surface area (Å²) in [6.45, 7) is 1.65. The van der Waals surface area contributed by atoms with Crippen molar-refractivity contribution in [1.29, 1.82) is 0 Å². The molecule has 7 rings (SSSR count). The van der Waals surface area contributed by atoms with Crippen molar-refractivity contribution in [3.8, 4) is 0 Å². The van der Waals surface area contributed by atoms with Gasteiger partial charge in [-0.25, -0.2) is 13.3 Å². The second kappa shape index (κ2) is 18.7. The van der Waals surface area contributed by atoms with Crippen LogP contribution in [0.5, 0.6) is 0 Å². The number of benzene rings is 1. The maximum absolute atomic E-state index is 17.9. The Balaban J connectivity index is 1.01. The first-order valence-corrected chi connectivity index (χ1v) is 24.5. The maximum Gasteiger partial charge on any atom is 0.470 e. The number of ketones is 2. The summed E-state index contributed by atoms with van der Waals surface area (Å²) in [4.78, 5) is 94.0. The highest BCUT2D eigenvalue weighted by molar-refractivity contribution is 9.09. The number of carboxylic acids is 1. The van der Waals surface area contributed by atoms with E-state index in [-0.39, 0.29) is 61.5 Å². The first-order chi connectivity index (χ1) is 30.5. The Morgan fingerprint density at radius 1 is 1.03 bits per heavy atom. The van der Waals surface area contributed by atoms with Crippen molar-refractivity contribution in [3.05, 3.63) is 59.2 Å². The molecule has 1 aliphatic heterocycles. The number of aliphatic carboxylic acids is 1. The van der Waals surface area contributed by atoms with Crippen LogP contribution in [0.3, 0.4) is 0 Å². The number of ether oxygens (including phenoxy) is 2. The summed E-state index contributed by atoms with van der Waals surface area (Å²) >= 11 is 2.98. The lowest BCUT2D eigenvalue weighted by Crippen LogP contribution is -2.70. The van der Waals surface area contributed by atoms with Gasteiger partial charge in [0.05, 0.1) is 24.1 Å². The molecule has 5 aliphatic carbocycles. The summed E-state index contributed by atoms with van der Waals surface area (Å²) in [7, 11) is -5.15. The summed E-state index contributed by atoms with van der Waals surface area (Å²) in [5, 5.41) is 28.9. The van der Waals surface area contributed by atoms with Gasteiger partial charge >= 0.3 is 13.8 Å². The van der Waals surface area contributed by atoms with E-state index in [0.29, 0.717) is 24.8 Å². The number of alkyl halides is 3. The van der Waals surface area contributed by atoms with E-state index in [0.717, 1.165) is 24.5 Å². The molecule has 6 aliphatic rings. The van der Waals surface area contributed by atoms with Crippen LogP contribution in [-0.2, 0) is 53.8 Å². The number of halogens is 3. The van der Waals surface area contributed by atoms with Crippen molar-refractivity contribution in [2.24, 2.45) is 28.6 Å². The van der Waals surface area contributed by atoms with E-state index in [2.05, 4.69) is 36.4 Å². The maximum atomic E-state index is 17.9. The summed E-state index contributed by atoms with van der Waals surface area (Å²) in [6, 6.07) is 6.02. The Kier molecular flexibility index (Phi) is 14.2. The number of fused-ring (bicyclic) bond motifs is 7. The van der Waals surface area contributed by atoms with Crippen molar-refractivity contribution in [2.45, 2.75) is 126 Å². The molecule has 1 saturated heterocycles. The first-order valence-electron chi connectivity index (χ1n) is 21.8. The van der Waals surface area contributed by atoms with E-state index < -0.39 is 114 Å². The van der Waals surface area contributed by atoms with Gasteiger partial charge in [-0.15, -0.1) is 0 Å². The van der Waals surface area contributed by atoms with Crippen LogP contribution in [0.1, 0.15) is 89.1 Å². The van der Waals surface area contributed by atoms with E-state index in [1.807, 2.05) is 12.1 Å². The molecule has 65 heavy (non-hydrogen) atoms. The van der Waals surface area contributed by atoms with Crippen molar-refractivity contribution in [1.82, 2.24) is 16.0 Å². The van der Waals surface area contributed by atoms with E-state index in [4.69, 9.17) is 9.47 Å². The molecule has 7 N–H and O–H groups in total. The van der Waals surface area contributed by atoms with Crippen LogP contribution in [0.4, 0.5) is 8.78 Å². The predicted molar refractivity (Wildman–Crippen MR) is 228 cm³/mol. The van der Waals surface area contributed by atoms with Gasteiger partial charge < -0.3 is 45.4 Å². The molecule has 21 heteroatoms. The third-order valence-corrected chi connectivity index (χ3v) is 16.0. The fourth-order valence-electron chi connectivity index (χ4n) is 11.8. The molecular formula is C44H55BrF2N3O14P. The monoisotopic (exact) mass is 997 g/mol. The number of carbonyl (C=O) groups is 6. The minimum atomic E-state index is -5.15. The predicted octanol–water partition coefficient (Wildman–Crippen LogP) is 3.52. The number of nitrogens with one attached hydrogen (secondary N) is 3. The van der Waals surface area contributed by atoms with Crippen molar-refractivity contribution in [2.75, 3.05) is 18.5 Å². The Morgan fingerprint density at radius 2 is 1.72 bits per heavy atom. The van der Waals surface area contributed by atoms with Gasteiger partial charge in [-0.05, 0) is 99.8 Å². The SMILES string of the molecule is C[C@]12C=CC(=O)C=C1[C@@H](F)C[C@H]1[C@@H]3C[C@H]4O[C@@H](c5ccc(CC6CCC(NC(=O)[C@H](CCC(=O)O)NC(=O)CNC(=O)CBr)CC6)cc5)O[C@@]4(C(=O)COP(=O)(O)O)[C@@]3(C)C[C@H](O)[C@@]12F. The molecule has 0 bridgehead atoms. The highest BCUT2D eigenvalue weighted by Crippen LogP contribution is 2.72. The Morgan fingerprint density at radius 3 is 2.37 bits per heavy atom. The second-order valence-electron chi connectivity index (χ2n) is 18.7. The van der Waals surface area contributed by atoms with Gasteiger partial charge in [0.25, 0.3) is 0 Å². The molecule has 0 radical (unpaired) electrons. The van der Waals surface area contributed by atoms with Gasteiger partial charge in [-0.1, -0.05) is 53.2 Å². The summed E-state index contributed by atoms with van der Waals surface area (Å²) in [6.07, 6.45) is 0.0780. The molecule has 0 spiro atoms. The Labute approximate surface area is 382 Å². The highest BCUT2D eigenvalue weighted by Gasteiger charge is 2.80. The summed E-state index contributed by atoms with van der Waals surface area (Å²) in [5.41, 5.74) is -6.10. The summed E-state index contributed by atoms with van der Waals surface area (Å²) < 4.78 is 63.5.